The molecule has 0 aliphatic rings. The first-order valence-electron chi connectivity index (χ1n) is 29.5. The number of quaternary nitrogens is 1. The molecule has 2 unspecified atom stereocenters. The second-order valence-electron chi connectivity index (χ2n) is 19.9. The smallest absolute Gasteiger partial charge is 0.462 e. The fourth-order valence-corrected chi connectivity index (χ4v) is 7.69. The number of allylic oxidation sites excluding steroid dienone is 30. The minimum absolute atomic E-state index is 0.00786. The van der Waals surface area contributed by atoms with Crippen LogP contribution in [0, 0.1) is 0 Å². The van der Waals surface area contributed by atoms with Crippen LogP contribution in [0.15, 0.2) is 182 Å². The predicted molar refractivity (Wildman–Crippen MR) is 334 cm³/mol. The lowest BCUT2D eigenvalue weighted by Crippen LogP contribution is -2.37. The summed E-state index contributed by atoms with van der Waals surface area (Å²) in [6.45, 7) is 4.09. The van der Waals surface area contributed by atoms with Crippen LogP contribution in [0.3, 0.4) is 0 Å². The molecule has 0 aliphatic heterocycles. The largest absolute Gasteiger partial charge is 0.472 e. The number of carbonyl (C=O) groups is 2. The zero-order chi connectivity index (χ0) is 57.0. The van der Waals surface area contributed by atoms with Crippen molar-refractivity contribution in [1.29, 1.82) is 0 Å². The van der Waals surface area contributed by atoms with Gasteiger partial charge in [0, 0.05) is 12.8 Å². The van der Waals surface area contributed by atoms with Crippen LogP contribution in [-0.4, -0.2) is 74.9 Å². The third-order valence-electron chi connectivity index (χ3n) is 11.4. The molecular weight excluding hydrogens is 990 g/mol. The Bertz CT molecular complexity index is 1970. The molecule has 0 amide bonds. The maximum atomic E-state index is 12.8. The van der Waals surface area contributed by atoms with Gasteiger partial charge in [-0.05, 0) is 135 Å². The second-order valence-corrected chi connectivity index (χ2v) is 21.4. The van der Waals surface area contributed by atoms with Gasteiger partial charge < -0.3 is 18.9 Å². The third kappa shape index (κ3) is 60.3. The van der Waals surface area contributed by atoms with Crippen LogP contribution >= 0.6 is 7.82 Å². The van der Waals surface area contributed by atoms with E-state index in [0.29, 0.717) is 23.9 Å². The van der Waals surface area contributed by atoms with E-state index in [4.69, 9.17) is 18.5 Å². The Labute approximate surface area is 476 Å². The van der Waals surface area contributed by atoms with Crippen LogP contribution in [0.5, 0.6) is 0 Å². The second kappa shape index (κ2) is 56.8. The summed E-state index contributed by atoms with van der Waals surface area (Å²) in [7, 11) is 1.40. The number of likely N-dealkylation sites (N-methyl/N-ethyl adjacent to an activating group) is 1. The van der Waals surface area contributed by atoms with E-state index >= 15 is 0 Å². The van der Waals surface area contributed by atoms with Gasteiger partial charge in [0.15, 0.2) is 6.10 Å². The SMILES string of the molecule is CC/C=C\C/C=C\C/C=C\C/C=C\C/C=C\C/C=C\C/C=C\C/C=C\C/C=C\C/C=C\CCCCC(=O)OC(COC(=O)CCCCCCC/C=C\C/C=C\C/C=C\C/C=C\C/C=C\CC)COP(=O)(O)OCC[N+](C)(C)C. The van der Waals surface area contributed by atoms with Crippen LogP contribution in [-0.2, 0) is 32.7 Å². The minimum atomic E-state index is -4.42. The summed E-state index contributed by atoms with van der Waals surface area (Å²) in [5, 5.41) is 0. The molecule has 0 aromatic carbocycles. The molecule has 0 aromatic heterocycles. The van der Waals surface area contributed by atoms with E-state index in [1.54, 1.807) is 0 Å². The molecule has 2 atom stereocenters. The van der Waals surface area contributed by atoms with Gasteiger partial charge in [0.2, 0.25) is 0 Å². The van der Waals surface area contributed by atoms with Crippen LogP contribution in [0.1, 0.15) is 181 Å². The molecule has 0 saturated carbocycles. The lowest BCUT2D eigenvalue weighted by atomic mass is 10.1. The van der Waals surface area contributed by atoms with Crippen LogP contribution in [0.2, 0.25) is 0 Å². The Kier molecular flexibility index (Phi) is 53.3. The fourth-order valence-electron chi connectivity index (χ4n) is 6.95. The molecule has 436 valence electrons. The first-order valence-corrected chi connectivity index (χ1v) is 31.0. The van der Waals surface area contributed by atoms with Crippen molar-refractivity contribution >= 4 is 19.8 Å². The van der Waals surface area contributed by atoms with Gasteiger partial charge in [-0.2, -0.15) is 0 Å². The average molecular weight is 1100 g/mol. The number of nitrogens with zero attached hydrogens (tertiary/aromatic N) is 1. The Morgan fingerprint density at radius 1 is 0.397 bits per heavy atom. The number of phosphoric ester groups is 1. The summed E-state index contributed by atoms with van der Waals surface area (Å²) in [4.78, 5) is 35.7. The van der Waals surface area contributed by atoms with E-state index in [2.05, 4.69) is 196 Å². The highest BCUT2D eigenvalue weighted by molar-refractivity contribution is 7.47. The van der Waals surface area contributed by atoms with E-state index in [1.807, 2.05) is 21.1 Å². The molecular formula is C68H107NO8P+. The van der Waals surface area contributed by atoms with Gasteiger partial charge >= 0.3 is 19.8 Å². The molecule has 0 fully saturated rings. The zero-order valence-corrected chi connectivity index (χ0v) is 50.2. The summed E-state index contributed by atoms with van der Waals surface area (Å²) in [6, 6.07) is 0. The standard InChI is InChI=1S/C68H106NO8P/c1-6-8-10-12-14-16-18-20-22-24-26-28-29-30-31-32-33-34-35-36-37-38-39-41-43-45-47-49-51-53-55-57-59-61-68(71)77-66(65-76-78(72,73)75-63-62-69(3,4)5)64-74-67(70)60-58-56-54-52-50-48-46-44-42-40-27-25-23-21-19-17-15-13-11-9-7-2/h8-11,14-17,20-23,26-28,30-31,33-34,36-37,39-41,44-47,51,53,66H,6-7,12-13,18-19,24-25,29,32,35,38,42-43,48-50,52,54-65H2,1-5H3/p+1/b10-8-,11-9-,16-14-,17-15-,22-20-,23-21-,28-26-,31-30-,34-33-,37-36-,40-27-,41-39-,46-44-,47-45-,53-51-. The zero-order valence-electron chi connectivity index (χ0n) is 49.3. The van der Waals surface area contributed by atoms with E-state index < -0.39 is 32.5 Å². The number of rotatable bonds is 51. The van der Waals surface area contributed by atoms with Gasteiger partial charge in [-0.1, -0.05) is 215 Å². The van der Waals surface area contributed by atoms with Gasteiger partial charge in [-0.15, -0.1) is 0 Å². The van der Waals surface area contributed by atoms with Crippen LogP contribution < -0.4 is 0 Å². The van der Waals surface area contributed by atoms with Crippen molar-refractivity contribution in [3.05, 3.63) is 182 Å². The monoisotopic (exact) mass is 1100 g/mol. The lowest BCUT2D eigenvalue weighted by molar-refractivity contribution is -0.870. The van der Waals surface area contributed by atoms with Crippen molar-refractivity contribution in [1.82, 2.24) is 0 Å². The van der Waals surface area contributed by atoms with Crippen LogP contribution in [0.25, 0.3) is 0 Å². The summed E-state index contributed by atoms with van der Waals surface area (Å²) < 4.78 is 34.5. The van der Waals surface area contributed by atoms with E-state index in [1.165, 1.54) is 0 Å². The van der Waals surface area contributed by atoms with Gasteiger partial charge in [0.25, 0.3) is 0 Å². The van der Waals surface area contributed by atoms with E-state index in [-0.39, 0.29) is 26.1 Å². The Hall–Kier alpha value is -4.89. The molecule has 0 bridgehead atoms. The Balaban J connectivity index is 4.35. The molecule has 0 aromatic rings. The van der Waals surface area contributed by atoms with Crippen molar-refractivity contribution in [2.45, 2.75) is 187 Å². The van der Waals surface area contributed by atoms with Gasteiger partial charge in [0.05, 0.1) is 27.7 Å². The first kappa shape index (κ1) is 73.1. The maximum Gasteiger partial charge on any atom is 0.472 e. The van der Waals surface area contributed by atoms with Crippen molar-refractivity contribution in [2.75, 3.05) is 47.5 Å². The number of unbranched alkanes of at least 4 members (excludes halogenated alkanes) is 7. The van der Waals surface area contributed by atoms with Gasteiger partial charge in [-0.3, -0.25) is 18.6 Å². The number of esters is 2. The maximum absolute atomic E-state index is 12.8. The summed E-state index contributed by atoms with van der Waals surface area (Å²) >= 11 is 0. The quantitative estimate of drug-likeness (QED) is 0.0211. The molecule has 0 spiro atoms. The lowest BCUT2D eigenvalue weighted by Gasteiger charge is -2.24. The molecule has 0 heterocycles. The molecule has 0 radical (unpaired) electrons. The van der Waals surface area contributed by atoms with Gasteiger partial charge in [-0.25, -0.2) is 4.57 Å². The highest BCUT2D eigenvalue weighted by atomic mass is 31.2. The normalized spacial score (nSPS) is 14.6. The molecule has 1 N–H and O–H groups in total. The number of ether oxygens (including phenoxy) is 2. The molecule has 0 aliphatic carbocycles. The highest BCUT2D eigenvalue weighted by Gasteiger charge is 2.27. The molecule has 10 heteroatoms. The molecule has 9 nitrogen and oxygen atoms in total. The average Bonchev–Trinajstić information content (AvgIpc) is 3.41. The number of carbonyl (C=O) groups excluding carboxylic acids is 2. The number of hydrogen-bond donors (Lipinski definition) is 1. The summed E-state index contributed by atoms with van der Waals surface area (Å²) in [6.07, 6.45) is 88.2. The molecule has 0 rings (SSSR count). The predicted octanol–water partition coefficient (Wildman–Crippen LogP) is 18.8. The minimum Gasteiger partial charge on any atom is -0.462 e. The highest BCUT2D eigenvalue weighted by Crippen LogP contribution is 2.43. The number of phosphoric acid groups is 1. The van der Waals surface area contributed by atoms with E-state index in [0.717, 1.165) is 141 Å². The molecule has 78 heavy (non-hydrogen) atoms. The third-order valence-corrected chi connectivity index (χ3v) is 12.4. The number of hydrogen-bond acceptors (Lipinski definition) is 7. The first-order chi connectivity index (χ1) is 38.0. The topological polar surface area (TPSA) is 108 Å². The Morgan fingerprint density at radius 2 is 0.692 bits per heavy atom. The van der Waals surface area contributed by atoms with Crippen molar-refractivity contribution in [2.24, 2.45) is 0 Å². The van der Waals surface area contributed by atoms with E-state index in [9.17, 15) is 19.0 Å². The van der Waals surface area contributed by atoms with Gasteiger partial charge in [0.1, 0.15) is 19.8 Å². The summed E-state index contributed by atoms with van der Waals surface area (Å²) in [5.41, 5.74) is 0. The Morgan fingerprint density at radius 3 is 1.05 bits per heavy atom. The molecule has 0 saturated heterocycles. The fraction of sp³-hybridized carbons (Fsp3) is 0.529. The van der Waals surface area contributed by atoms with Crippen molar-refractivity contribution < 1.29 is 42.1 Å². The summed E-state index contributed by atoms with van der Waals surface area (Å²) in [5.74, 6) is -0.890. The van der Waals surface area contributed by atoms with Crippen molar-refractivity contribution in [3.8, 4) is 0 Å². The van der Waals surface area contributed by atoms with Crippen LogP contribution in [0.4, 0.5) is 0 Å². The van der Waals surface area contributed by atoms with Crippen molar-refractivity contribution in [3.63, 3.8) is 0 Å².